The van der Waals surface area contributed by atoms with Crippen molar-refractivity contribution < 1.29 is 12.8 Å². The predicted molar refractivity (Wildman–Crippen MR) is 90.3 cm³/mol. The molecular formula is C16H18FN4O2S. The lowest BCUT2D eigenvalue weighted by atomic mass is 10.1. The van der Waals surface area contributed by atoms with E-state index in [1.165, 1.54) is 6.07 Å². The van der Waals surface area contributed by atoms with Gasteiger partial charge in [0.15, 0.2) is 0 Å². The van der Waals surface area contributed by atoms with Crippen molar-refractivity contribution in [1.82, 2.24) is 9.97 Å². The zero-order valence-electron chi connectivity index (χ0n) is 13.2. The summed E-state index contributed by atoms with van der Waals surface area (Å²) in [6.07, 6.45) is 4.43. The van der Waals surface area contributed by atoms with E-state index in [0.717, 1.165) is 0 Å². The monoisotopic (exact) mass is 349 g/mol. The van der Waals surface area contributed by atoms with Gasteiger partial charge < -0.3 is 9.80 Å². The molecule has 0 N–H and O–H groups in total. The minimum absolute atomic E-state index is 0.116. The Kier molecular flexibility index (Phi) is 4.94. The van der Waals surface area contributed by atoms with Crippen LogP contribution in [-0.2, 0) is 16.5 Å². The Morgan fingerprint density at radius 3 is 2.83 bits per heavy atom. The lowest BCUT2D eigenvalue weighted by Crippen LogP contribution is -2.53. The Labute approximate surface area is 141 Å². The Bertz CT molecular complexity index is 777. The summed E-state index contributed by atoms with van der Waals surface area (Å²) in [5.74, 6) is 0.0902. The molecule has 3 rings (SSSR count). The Hall–Kier alpha value is -2.22. The summed E-state index contributed by atoms with van der Waals surface area (Å²) in [4.78, 5) is 12.4. The van der Waals surface area contributed by atoms with Crippen molar-refractivity contribution in [2.45, 2.75) is 18.7 Å². The van der Waals surface area contributed by atoms with Crippen molar-refractivity contribution in [3.8, 4) is 0 Å². The van der Waals surface area contributed by atoms with Crippen LogP contribution in [0.15, 0.2) is 30.5 Å². The molecular weight excluding hydrogens is 331 g/mol. The highest BCUT2D eigenvalue weighted by Crippen LogP contribution is 2.25. The second kappa shape index (κ2) is 7.12. The van der Waals surface area contributed by atoms with Crippen LogP contribution in [0.1, 0.15) is 12.5 Å². The number of nitrogens with zero attached hydrogens (tertiary/aromatic N) is 4. The molecule has 1 radical (unpaired) electrons. The minimum Gasteiger partial charge on any atom is -0.365 e. The van der Waals surface area contributed by atoms with E-state index in [9.17, 15) is 12.8 Å². The van der Waals surface area contributed by atoms with E-state index < -0.39 is 16.5 Å². The third kappa shape index (κ3) is 3.64. The van der Waals surface area contributed by atoms with Gasteiger partial charge in [0.1, 0.15) is 16.5 Å². The first-order chi connectivity index (χ1) is 11.5. The Morgan fingerprint density at radius 1 is 1.38 bits per heavy atom. The van der Waals surface area contributed by atoms with Crippen LogP contribution >= 0.6 is 0 Å². The molecule has 0 amide bonds. The van der Waals surface area contributed by atoms with E-state index in [1.807, 2.05) is 11.8 Å². The molecule has 2 heterocycles. The van der Waals surface area contributed by atoms with Crippen molar-refractivity contribution in [3.63, 3.8) is 0 Å². The van der Waals surface area contributed by atoms with Crippen LogP contribution in [-0.4, -0.2) is 44.1 Å². The average Bonchev–Trinajstić information content (AvgIpc) is 2.55. The van der Waals surface area contributed by atoms with Gasteiger partial charge in [0.2, 0.25) is 5.95 Å². The normalized spacial score (nSPS) is 18.2. The van der Waals surface area contributed by atoms with E-state index in [-0.39, 0.29) is 11.8 Å². The third-order valence-electron chi connectivity index (χ3n) is 4.05. The molecule has 1 aromatic heterocycles. The zero-order chi connectivity index (χ0) is 17.1. The first-order valence-corrected chi connectivity index (χ1v) is 9.02. The maximum Gasteiger partial charge on any atom is 0.226 e. The van der Waals surface area contributed by atoms with Gasteiger partial charge in [0.25, 0.3) is 0 Å². The molecule has 1 aromatic carbocycles. The number of rotatable bonds is 4. The number of thiol groups is 1. The first kappa shape index (κ1) is 16.6. The summed E-state index contributed by atoms with van der Waals surface area (Å²) in [7, 11) is -2.56. The summed E-state index contributed by atoms with van der Waals surface area (Å²) >= 11 is 0. The molecule has 0 spiro atoms. The molecule has 2 aromatic rings. The molecule has 1 fully saturated rings. The summed E-state index contributed by atoms with van der Waals surface area (Å²) in [5, 5.41) is 0. The second-order valence-electron chi connectivity index (χ2n) is 5.75. The van der Waals surface area contributed by atoms with Gasteiger partial charge in [-0.1, -0.05) is 6.07 Å². The SMILES string of the molecule is C[C@@H]1CN(c2ccc(C[SH](=O)=O)cc2F)CCN1c1n[c]ccn1. The van der Waals surface area contributed by atoms with Crippen LogP contribution in [0, 0.1) is 12.0 Å². The van der Waals surface area contributed by atoms with E-state index in [2.05, 4.69) is 21.1 Å². The quantitative estimate of drug-likeness (QED) is 0.838. The molecule has 0 bridgehead atoms. The lowest BCUT2D eigenvalue weighted by molar-refractivity contribution is 0.528. The summed E-state index contributed by atoms with van der Waals surface area (Å²) in [6, 6.07) is 6.38. The van der Waals surface area contributed by atoms with E-state index >= 15 is 0 Å². The van der Waals surface area contributed by atoms with Gasteiger partial charge in [0, 0.05) is 31.9 Å². The summed E-state index contributed by atoms with van der Waals surface area (Å²) < 4.78 is 35.9. The molecule has 1 saturated heterocycles. The van der Waals surface area contributed by atoms with Crippen molar-refractivity contribution >= 4 is 22.3 Å². The van der Waals surface area contributed by atoms with Gasteiger partial charge in [-0.2, -0.15) is 0 Å². The maximum absolute atomic E-state index is 14.4. The maximum atomic E-state index is 14.4. The highest BCUT2D eigenvalue weighted by molar-refractivity contribution is 7.71. The largest absolute Gasteiger partial charge is 0.365 e. The van der Waals surface area contributed by atoms with Crippen LogP contribution in [0.25, 0.3) is 0 Å². The number of piperazine rings is 1. The van der Waals surface area contributed by atoms with Crippen LogP contribution in [0.5, 0.6) is 0 Å². The fourth-order valence-corrected chi connectivity index (χ4v) is 3.42. The molecule has 0 aliphatic carbocycles. The second-order valence-corrected chi connectivity index (χ2v) is 6.73. The standard InChI is InChI=1S/C16H18FN4O2S/c1-12-10-20(7-8-21(12)16-18-5-2-6-19-16)15-4-3-13(9-14(15)17)11-24(22)23/h2-5,9,12,24H,7-8,10-11H2,1H3/t12-/m1/s1. The molecule has 1 aliphatic heterocycles. The number of hydrogen-bond acceptors (Lipinski definition) is 6. The first-order valence-electron chi connectivity index (χ1n) is 7.65. The topological polar surface area (TPSA) is 66.4 Å². The van der Waals surface area contributed by atoms with Gasteiger partial charge >= 0.3 is 0 Å². The molecule has 6 nitrogen and oxygen atoms in total. The molecule has 1 atom stereocenters. The van der Waals surface area contributed by atoms with Crippen molar-refractivity contribution in [3.05, 3.63) is 48.0 Å². The molecule has 1 aliphatic rings. The van der Waals surface area contributed by atoms with Crippen molar-refractivity contribution in [2.75, 3.05) is 29.4 Å². The summed E-state index contributed by atoms with van der Waals surface area (Å²) in [6.45, 7) is 3.97. The number of hydrogen-bond donors (Lipinski definition) is 1. The Balaban J connectivity index is 1.74. The fraction of sp³-hybridized carbons (Fsp3) is 0.375. The molecule has 0 saturated carbocycles. The minimum atomic E-state index is -2.56. The molecule has 0 unspecified atom stereocenters. The number of halogens is 1. The van der Waals surface area contributed by atoms with Gasteiger partial charge in [-0.25, -0.2) is 22.8 Å². The van der Waals surface area contributed by atoms with Gasteiger partial charge in [-0.05, 0) is 30.7 Å². The number of anilines is 2. The zero-order valence-corrected chi connectivity index (χ0v) is 14.1. The van der Waals surface area contributed by atoms with Crippen LogP contribution in [0.2, 0.25) is 0 Å². The van der Waals surface area contributed by atoms with E-state index in [4.69, 9.17) is 0 Å². The third-order valence-corrected chi connectivity index (χ3v) is 4.68. The lowest BCUT2D eigenvalue weighted by Gasteiger charge is -2.41. The molecule has 8 heteroatoms. The van der Waals surface area contributed by atoms with Crippen LogP contribution in [0.3, 0.4) is 0 Å². The number of benzene rings is 1. The van der Waals surface area contributed by atoms with Crippen molar-refractivity contribution in [1.29, 1.82) is 0 Å². The van der Waals surface area contributed by atoms with Crippen molar-refractivity contribution in [2.24, 2.45) is 0 Å². The highest BCUT2D eigenvalue weighted by atomic mass is 32.2. The number of aromatic nitrogens is 2. The van der Waals surface area contributed by atoms with E-state index in [0.29, 0.717) is 36.8 Å². The summed E-state index contributed by atoms with van der Waals surface area (Å²) in [5.41, 5.74) is 0.958. The van der Waals surface area contributed by atoms with Gasteiger partial charge in [-0.15, -0.1) is 0 Å². The molecule has 127 valence electrons. The van der Waals surface area contributed by atoms with Crippen LogP contribution < -0.4 is 9.80 Å². The average molecular weight is 349 g/mol. The van der Waals surface area contributed by atoms with E-state index in [1.54, 1.807) is 24.4 Å². The molecule has 24 heavy (non-hydrogen) atoms. The van der Waals surface area contributed by atoms with Gasteiger partial charge in [-0.3, -0.25) is 0 Å². The van der Waals surface area contributed by atoms with Gasteiger partial charge in [0.05, 0.1) is 17.6 Å². The van der Waals surface area contributed by atoms with Crippen LogP contribution in [0.4, 0.5) is 16.0 Å². The Morgan fingerprint density at radius 2 is 2.21 bits per heavy atom. The fourth-order valence-electron chi connectivity index (χ4n) is 2.93. The smallest absolute Gasteiger partial charge is 0.226 e. The highest BCUT2D eigenvalue weighted by Gasteiger charge is 2.26. The predicted octanol–water partition coefficient (Wildman–Crippen LogP) is 1.24.